The molecule has 5 nitrogen and oxygen atoms in total. The van der Waals surface area contributed by atoms with Crippen LogP contribution in [-0.2, 0) is 14.6 Å². The second-order valence-corrected chi connectivity index (χ2v) is 10.1. The number of amides is 1. The van der Waals surface area contributed by atoms with Gasteiger partial charge in [-0.25, -0.2) is 8.42 Å². The lowest BCUT2D eigenvalue weighted by Crippen LogP contribution is -2.46. The molecule has 1 aliphatic heterocycles. The average molecular weight is 435 g/mol. The van der Waals surface area contributed by atoms with Crippen LogP contribution in [0.2, 0.25) is 0 Å². The van der Waals surface area contributed by atoms with Crippen LogP contribution in [0.4, 0.5) is 11.4 Å². The van der Waals surface area contributed by atoms with E-state index in [0.717, 1.165) is 27.6 Å². The molecule has 1 aliphatic rings. The first-order chi connectivity index (χ1) is 14.7. The molecule has 0 radical (unpaired) electrons. The van der Waals surface area contributed by atoms with Crippen LogP contribution in [0.15, 0.2) is 72.1 Å². The van der Waals surface area contributed by atoms with E-state index in [0.29, 0.717) is 5.69 Å². The summed E-state index contributed by atoms with van der Waals surface area (Å²) in [5.41, 5.74) is 3.83. The fourth-order valence-corrected chi connectivity index (χ4v) is 5.17. The molecule has 0 N–H and O–H groups in total. The van der Waals surface area contributed by atoms with Gasteiger partial charge < -0.3 is 9.80 Å². The Kier molecular flexibility index (Phi) is 5.58. The van der Waals surface area contributed by atoms with Crippen LogP contribution in [0.5, 0.6) is 0 Å². The molecule has 3 aromatic rings. The number of carbonyl (C=O) groups excluding carboxylic acids is 1. The van der Waals surface area contributed by atoms with Crippen molar-refractivity contribution in [2.24, 2.45) is 0 Å². The van der Waals surface area contributed by atoms with Crippen molar-refractivity contribution in [1.29, 1.82) is 0 Å². The molecule has 1 heterocycles. The number of anilines is 2. The van der Waals surface area contributed by atoms with Crippen molar-refractivity contribution in [1.82, 2.24) is 0 Å². The molecule has 1 unspecified atom stereocenters. The quantitative estimate of drug-likeness (QED) is 0.603. The number of likely N-dealkylation sites (N-methyl/N-ethyl adjacent to an activating group) is 1. The summed E-state index contributed by atoms with van der Waals surface area (Å²) in [6.45, 7) is 4.14. The number of nitrogens with zero attached hydrogens (tertiary/aromatic N) is 2. The van der Waals surface area contributed by atoms with Crippen molar-refractivity contribution in [3.8, 4) is 0 Å². The summed E-state index contributed by atoms with van der Waals surface area (Å²) >= 11 is 0. The van der Waals surface area contributed by atoms with Crippen LogP contribution in [-0.4, -0.2) is 39.7 Å². The van der Waals surface area contributed by atoms with E-state index in [4.69, 9.17) is 0 Å². The van der Waals surface area contributed by atoms with Gasteiger partial charge in [-0.15, -0.1) is 0 Å². The molecule has 0 fully saturated rings. The van der Waals surface area contributed by atoms with Gasteiger partial charge in [0.2, 0.25) is 5.91 Å². The molecule has 1 atom stereocenters. The van der Waals surface area contributed by atoms with Crippen molar-refractivity contribution >= 4 is 37.9 Å². The molecule has 0 aromatic heterocycles. The van der Waals surface area contributed by atoms with E-state index in [2.05, 4.69) is 12.1 Å². The fraction of sp³-hybridized carbons (Fsp3) is 0.240. The SMILES string of the molecule is Cc1ccc(N(C(=O)CN(C)c2ccc3ccccc3c2)C2C=CS(=O)(=O)C2)cc1C. The van der Waals surface area contributed by atoms with Crippen LogP contribution in [0.25, 0.3) is 10.8 Å². The molecule has 0 saturated heterocycles. The zero-order valence-corrected chi connectivity index (χ0v) is 18.8. The van der Waals surface area contributed by atoms with E-state index < -0.39 is 15.9 Å². The van der Waals surface area contributed by atoms with Gasteiger partial charge in [-0.3, -0.25) is 4.79 Å². The van der Waals surface area contributed by atoms with Crippen molar-refractivity contribution in [3.63, 3.8) is 0 Å². The van der Waals surface area contributed by atoms with E-state index in [1.54, 1.807) is 11.0 Å². The van der Waals surface area contributed by atoms with Crippen molar-refractivity contribution in [2.75, 3.05) is 29.1 Å². The second kappa shape index (κ2) is 8.19. The summed E-state index contributed by atoms with van der Waals surface area (Å²) in [5, 5.41) is 3.46. The molecule has 0 aliphatic carbocycles. The van der Waals surface area contributed by atoms with Crippen molar-refractivity contribution < 1.29 is 13.2 Å². The summed E-state index contributed by atoms with van der Waals surface area (Å²) in [5.74, 6) is -0.239. The number of hydrogen-bond acceptors (Lipinski definition) is 4. The van der Waals surface area contributed by atoms with Crippen LogP contribution in [0.1, 0.15) is 11.1 Å². The monoisotopic (exact) mass is 434 g/mol. The third-order valence-electron chi connectivity index (χ3n) is 5.83. The topological polar surface area (TPSA) is 57.7 Å². The summed E-state index contributed by atoms with van der Waals surface area (Å²) in [6.07, 6.45) is 1.61. The van der Waals surface area contributed by atoms with Gasteiger partial charge in [-0.1, -0.05) is 36.4 Å². The Morgan fingerprint density at radius 2 is 1.65 bits per heavy atom. The summed E-state index contributed by atoms with van der Waals surface area (Å²) < 4.78 is 24.1. The Morgan fingerprint density at radius 3 is 2.32 bits per heavy atom. The predicted molar refractivity (Wildman–Crippen MR) is 127 cm³/mol. The van der Waals surface area contributed by atoms with Crippen molar-refractivity contribution in [3.05, 3.63) is 83.3 Å². The maximum atomic E-state index is 13.4. The molecule has 4 rings (SSSR count). The normalized spacial score (nSPS) is 17.1. The summed E-state index contributed by atoms with van der Waals surface area (Å²) in [4.78, 5) is 17.0. The number of fused-ring (bicyclic) bond motifs is 1. The standard InChI is InChI=1S/C25H26N2O3S/c1-18-8-10-23(14-19(18)2)27(24-12-13-31(29,30)17-24)25(28)16-26(3)22-11-9-20-6-4-5-7-21(20)15-22/h4-15,24H,16-17H2,1-3H3. The largest absolute Gasteiger partial charge is 0.365 e. The lowest BCUT2D eigenvalue weighted by atomic mass is 10.1. The zero-order chi connectivity index (χ0) is 22.2. The molecule has 160 valence electrons. The molecule has 3 aromatic carbocycles. The molecule has 6 heteroatoms. The highest BCUT2D eigenvalue weighted by Crippen LogP contribution is 2.26. The minimum Gasteiger partial charge on any atom is -0.365 e. The minimum atomic E-state index is -3.29. The van der Waals surface area contributed by atoms with Gasteiger partial charge in [-0.2, -0.15) is 0 Å². The zero-order valence-electron chi connectivity index (χ0n) is 17.9. The number of benzene rings is 3. The number of carbonyl (C=O) groups is 1. The number of hydrogen-bond donors (Lipinski definition) is 0. The van der Waals surface area contributed by atoms with E-state index in [-0.39, 0.29) is 18.2 Å². The van der Waals surface area contributed by atoms with Crippen LogP contribution in [0, 0.1) is 13.8 Å². The highest BCUT2D eigenvalue weighted by atomic mass is 32.2. The fourth-order valence-electron chi connectivity index (χ4n) is 3.90. The van der Waals surface area contributed by atoms with Crippen molar-refractivity contribution in [2.45, 2.75) is 19.9 Å². The van der Waals surface area contributed by atoms with Crippen LogP contribution >= 0.6 is 0 Å². The van der Waals surface area contributed by atoms with Gasteiger partial charge >= 0.3 is 0 Å². The second-order valence-electron chi connectivity index (χ2n) is 8.15. The Labute approximate surface area is 183 Å². The predicted octanol–water partition coefficient (Wildman–Crippen LogP) is 4.24. The van der Waals surface area contributed by atoms with Gasteiger partial charge in [0.1, 0.15) is 0 Å². The van der Waals surface area contributed by atoms with Gasteiger partial charge in [0, 0.05) is 23.8 Å². The smallest absolute Gasteiger partial charge is 0.247 e. The first-order valence-electron chi connectivity index (χ1n) is 10.2. The van der Waals surface area contributed by atoms with Crippen LogP contribution in [0.3, 0.4) is 0 Å². The third kappa shape index (κ3) is 4.49. The Morgan fingerprint density at radius 1 is 0.935 bits per heavy atom. The molecule has 0 saturated carbocycles. The molecule has 0 spiro atoms. The number of rotatable bonds is 5. The Hall–Kier alpha value is -3.12. The minimum absolute atomic E-state index is 0.0919. The van der Waals surface area contributed by atoms with Crippen LogP contribution < -0.4 is 9.80 Å². The maximum Gasteiger partial charge on any atom is 0.247 e. The molecule has 1 amide bonds. The number of aryl methyl sites for hydroxylation is 2. The lowest BCUT2D eigenvalue weighted by Gasteiger charge is -2.30. The highest BCUT2D eigenvalue weighted by Gasteiger charge is 2.32. The average Bonchev–Trinajstić information content (AvgIpc) is 3.09. The lowest BCUT2D eigenvalue weighted by molar-refractivity contribution is -0.117. The van der Waals surface area contributed by atoms with Gasteiger partial charge in [0.05, 0.1) is 18.3 Å². The Balaban J connectivity index is 1.63. The van der Waals surface area contributed by atoms with Gasteiger partial charge in [-0.05, 0) is 66.1 Å². The van der Waals surface area contributed by atoms with E-state index in [9.17, 15) is 13.2 Å². The first kappa shape index (κ1) is 21.1. The summed E-state index contributed by atoms with van der Waals surface area (Å²) in [7, 11) is -1.42. The Bertz CT molecular complexity index is 1280. The first-order valence-corrected chi connectivity index (χ1v) is 12.0. The van der Waals surface area contributed by atoms with E-state index in [1.165, 1.54) is 5.41 Å². The number of sulfone groups is 1. The van der Waals surface area contributed by atoms with Gasteiger partial charge in [0.25, 0.3) is 0 Å². The summed E-state index contributed by atoms with van der Waals surface area (Å²) in [6, 6.07) is 19.5. The molecular weight excluding hydrogens is 408 g/mol. The van der Waals surface area contributed by atoms with Gasteiger partial charge in [0.15, 0.2) is 9.84 Å². The molecular formula is C25H26N2O3S. The maximum absolute atomic E-state index is 13.4. The molecule has 0 bridgehead atoms. The molecule has 31 heavy (non-hydrogen) atoms. The third-order valence-corrected chi connectivity index (χ3v) is 7.20. The highest BCUT2D eigenvalue weighted by molar-refractivity contribution is 7.94. The van der Waals surface area contributed by atoms with E-state index >= 15 is 0 Å². The van der Waals surface area contributed by atoms with E-state index in [1.807, 2.05) is 74.3 Å².